The van der Waals surface area contributed by atoms with E-state index in [1.165, 1.54) is 22.5 Å². The van der Waals surface area contributed by atoms with E-state index in [0.29, 0.717) is 5.82 Å². The Morgan fingerprint density at radius 3 is 2.54 bits per heavy atom. The number of thiazole rings is 1. The van der Waals surface area contributed by atoms with Crippen molar-refractivity contribution in [2.45, 2.75) is 45.9 Å². The zero-order valence-corrected chi connectivity index (χ0v) is 16.3. The molecule has 0 spiro atoms. The summed E-state index contributed by atoms with van der Waals surface area (Å²) in [5, 5.41) is 15.2. The molecule has 4 rings (SSSR count). The lowest BCUT2D eigenvalue weighted by Crippen LogP contribution is -2.47. The van der Waals surface area contributed by atoms with Crippen LogP contribution < -0.4 is 0 Å². The number of fused-ring (bicyclic) bond motifs is 1. The molecule has 1 saturated heterocycles. The van der Waals surface area contributed by atoms with E-state index >= 15 is 0 Å². The summed E-state index contributed by atoms with van der Waals surface area (Å²) < 4.78 is 7.48. The van der Waals surface area contributed by atoms with Gasteiger partial charge in [-0.05, 0) is 38.8 Å². The van der Waals surface area contributed by atoms with Crippen LogP contribution in [0.2, 0.25) is 0 Å². The summed E-state index contributed by atoms with van der Waals surface area (Å²) in [5.41, 5.74) is 2.41. The molecule has 3 atom stereocenters. The Morgan fingerprint density at radius 1 is 1.19 bits per heavy atom. The minimum Gasteiger partial charge on any atom is -0.492 e. The van der Waals surface area contributed by atoms with E-state index in [9.17, 15) is 5.11 Å². The predicted octanol–water partition coefficient (Wildman–Crippen LogP) is 3.31. The van der Waals surface area contributed by atoms with Crippen LogP contribution in [0.4, 0.5) is 0 Å². The van der Waals surface area contributed by atoms with Gasteiger partial charge in [0.05, 0.1) is 23.1 Å². The second kappa shape index (κ2) is 6.64. The Balaban J connectivity index is 1.85. The minimum atomic E-state index is -0.0428. The number of benzene rings is 1. The van der Waals surface area contributed by atoms with Crippen molar-refractivity contribution in [1.29, 1.82) is 0 Å². The number of aryl methyl sites for hydroxylation is 2. The third kappa shape index (κ3) is 3.00. The lowest BCUT2D eigenvalue weighted by atomic mass is 9.97. The zero-order valence-electron chi connectivity index (χ0n) is 15.5. The minimum absolute atomic E-state index is 0.0428. The van der Waals surface area contributed by atoms with Gasteiger partial charge in [0, 0.05) is 13.1 Å². The van der Waals surface area contributed by atoms with E-state index in [1.807, 2.05) is 13.0 Å². The molecule has 0 aliphatic carbocycles. The summed E-state index contributed by atoms with van der Waals surface area (Å²) in [5.74, 6) is 0.852. The van der Waals surface area contributed by atoms with Gasteiger partial charge in [-0.1, -0.05) is 35.6 Å². The average molecular weight is 372 g/mol. The first-order chi connectivity index (χ1) is 12.4. The molecule has 6 nitrogen and oxygen atoms in total. The fourth-order valence-corrected chi connectivity index (χ4v) is 5.01. The van der Waals surface area contributed by atoms with E-state index in [2.05, 4.69) is 54.0 Å². The molecule has 1 aliphatic rings. The summed E-state index contributed by atoms with van der Waals surface area (Å²) in [6, 6.07) is 8.32. The van der Waals surface area contributed by atoms with Gasteiger partial charge >= 0.3 is 0 Å². The van der Waals surface area contributed by atoms with Crippen LogP contribution in [0.15, 0.2) is 24.3 Å². The topological polar surface area (TPSA) is 62.9 Å². The first kappa shape index (κ1) is 17.5. The second-order valence-corrected chi connectivity index (χ2v) is 8.12. The number of rotatable bonds is 3. The van der Waals surface area contributed by atoms with Crippen LogP contribution in [0.3, 0.4) is 0 Å². The summed E-state index contributed by atoms with van der Waals surface area (Å²) in [4.78, 5) is 8.45. The molecule has 0 unspecified atom stereocenters. The van der Waals surface area contributed by atoms with E-state index in [-0.39, 0.29) is 24.1 Å². The average Bonchev–Trinajstić information content (AvgIpc) is 3.07. The van der Waals surface area contributed by atoms with Crippen LogP contribution in [0.25, 0.3) is 4.96 Å². The SMILES string of the molecule is Cc1nc2sc([C@H](c3ccccc3C)N3C[C@@H](C)O[C@H](C)C3)c(O)n2n1. The van der Waals surface area contributed by atoms with Crippen LogP contribution in [-0.2, 0) is 4.74 Å². The number of hydrogen-bond donors (Lipinski definition) is 1. The Hall–Kier alpha value is -1.96. The first-order valence-corrected chi connectivity index (χ1v) is 9.75. The Labute approximate surface area is 157 Å². The zero-order chi connectivity index (χ0) is 18.4. The first-order valence-electron chi connectivity index (χ1n) is 8.94. The van der Waals surface area contributed by atoms with Gasteiger partial charge in [0.1, 0.15) is 5.82 Å². The van der Waals surface area contributed by atoms with Crippen LogP contribution in [-0.4, -0.2) is 49.9 Å². The lowest BCUT2D eigenvalue weighted by molar-refractivity contribution is -0.0764. The van der Waals surface area contributed by atoms with Gasteiger partial charge in [-0.3, -0.25) is 4.90 Å². The molecule has 0 saturated carbocycles. The van der Waals surface area contributed by atoms with Crippen molar-refractivity contribution in [2.24, 2.45) is 0 Å². The molecule has 3 aromatic rings. The van der Waals surface area contributed by atoms with Gasteiger partial charge in [0.15, 0.2) is 0 Å². The predicted molar refractivity (Wildman–Crippen MR) is 102 cm³/mol. The normalized spacial score (nSPS) is 22.8. The highest BCUT2D eigenvalue weighted by atomic mass is 32.1. The highest BCUT2D eigenvalue weighted by Crippen LogP contribution is 2.41. The number of ether oxygens (including phenoxy) is 1. The van der Waals surface area contributed by atoms with Gasteiger partial charge < -0.3 is 9.84 Å². The van der Waals surface area contributed by atoms with E-state index < -0.39 is 0 Å². The molecular formula is C19H24N4O2S. The molecule has 1 aliphatic heterocycles. The molecule has 1 aromatic carbocycles. The van der Waals surface area contributed by atoms with Gasteiger partial charge in [-0.25, -0.2) is 4.98 Å². The van der Waals surface area contributed by atoms with Crippen molar-refractivity contribution in [3.8, 4) is 5.88 Å². The standard InChI is InChI=1S/C19H24N4O2S/c1-11-7-5-6-8-15(11)16(22-9-12(2)25-13(3)10-22)17-18(24)23-19(26-17)20-14(4)21-23/h5-8,12-13,16,24H,9-10H2,1-4H3/t12-,13-,16+/m1/s1. The summed E-state index contributed by atoms with van der Waals surface area (Å²) in [6.45, 7) is 9.79. The Kier molecular flexibility index (Phi) is 4.46. The lowest BCUT2D eigenvalue weighted by Gasteiger charge is -2.40. The molecule has 7 heteroatoms. The van der Waals surface area contributed by atoms with Crippen molar-refractivity contribution in [1.82, 2.24) is 19.5 Å². The van der Waals surface area contributed by atoms with Crippen molar-refractivity contribution < 1.29 is 9.84 Å². The molecule has 138 valence electrons. The van der Waals surface area contributed by atoms with Crippen molar-refractivity contribution in [2.75, 3.05) is 13.1 Å². The molecule has 1 N–H and O–H groups in total. The van der Waals surface area contributed by atoms with E-state index in [1.54, 1.807) is 4.52 Å². The van der Waals surface area contributed by atoms with Crippen molar-refractivity contribution in [3.05, 3.63) is 46.1 Å². The number of hydrogen-bond acceptors (Lipinski definition) is 6. The van der Waals surface area contributed by atoms with Gasteiger partial charge in [0.25, 0.3) is 0 Å². The van der Waals surface area contributed by atoms with E-state index in [4.69, 9.17) is 4.74 Å². The quantitative estimate of drug-likeness (QED) is 0.764. The smallest absolute Gasteiger partial charge is 0.230 e. The van der Waals surface area contributed by atoms with Crippen molar-refractivity contribution in [3.63, 3.8) is 0 Å². The second-order valence-electron chi connectivity index (χ2n) is 7.11. The summed E-state index contributed by atoms with van der Waals surface area (Å²) >= 11 is 1.51. The molecule has 3 heterocycles. The fraction of sp³-hybridized carbons (Fsp3) is 0.474. The van der Waals surface area contributed by atoms with Gasteiger partial charge in [-0.15, -0.1) is 5.10 Å². The molecule has 0 bridgehead atoms. The van der Waals surface area contributed by atoms with Gasteiger partial charge in [-0.2, -0.15) is 4.52 Å². The number of nitrogens with zero attached hydrogens (tertiary/aromatic N) is 4. The highest BCUT2D eigenvalue weighted by Gasteiger charge is 2.34. The molecule has 2 aromatic heterocycles. The largest absolute Gasteiger partial charge is 0.492 e. The van der Waals surface area contributed by atoms with E-state index in [0.717, 1.165) is 22.9 Å². The summed E-state index contributed by atoms with van der Waals surface area (Å²) in [7, 11) is 0. The number of morpholine rings is 1. The molecule has 0 radical (unpaired) electrons. The maximum absolute atomic E-state index is 10.9. The fourth-order valence-electron chi connectivity index (χ4n) is 3.85. The number of aromatic nitrogens is 3. The van der Waals surface area contributed by atoms with Crippen LogP contribution in [0, 0.1) is 13.8 Å². The molecule has 26 heavy (non-hydrogen) atoms. The monoisotopic (exact) mass is 372 g/mol. The Bertz CT molecular complexity index is 925. The molecule has 1 fully saturated rings. The third-order valence-electron chi connectivity index (χ3n) is 4.85. The summed E-state index contributed by atoms with van der Waals surface area (Å²) in [6.07, 6.45) is 0.300. The maximum atomic E-state index is 10.9. The van der Waals surface area contributed by atoms with Crippen molar-refractivity contribution >= 4 is 16.3 Å². The van der Waals surface area contributed by atoms with Gasteiger partial charge in [0.2, 0.25) is 10.8 Å². The molecular weight excluding hydrogens is 348 g/mol. The highest BCUT2D eigenvalue weighted by molar-refractivity contribution is 7.17. The maximum Gasteiger partial charge on any atom is 0.230 e. The van der Waals surface area contributed by atoms with Crippen LogP contribution in [0.5, 0.6) is 5.88 Å². The van der Waals surface area contributed by atoms with Crippen LogP contribution >= 0.6 is 11.3 Å². The molecule has 0 amide bonds. The Morgan fingerprint density at radius 2 is 1.88 bits per heavy atom. The number of aromatic hydroxyl groups is 1. The van der Waals surface area contributed by atoms with Crippen LogP contribution in [0.1, 0.15) is 41.7 Å². The third-order valence-corrected chi connectivity index (χ3v) is 5.92.